The zero-order valence-electron chi connectivity index (χ0n) is 12.2. The molecular formula is C15H21N3O2. The minimum Gasteiger partial charge on any atom is -0.476 e. The Morgan fingerprint density at radius 2 is 2.10 bits per heavy atom. The van der Waals surface area contributed by atoms with Crippen molar-refractivity contribution < 1.29 is 9.15 Å². The van der Waals surface area contributed by atoms with Crippen LogP contribution in [0.2, 0.25) is 0 Å². The van der Waals surface area contributed by atoms with Gasteiger partial charge in [-0.1, -0.05) is 6.92 Å². The highest BCUT2D eigenvalue weighted by molar-refractivity contribution is 5.54. The number of nitrogens with two attached hydrogens (primary N) is 1. The smallest absolute Gasteiger partial charge is 0.239 e. The van der Waals surface area contributed by atoms with Gasteiger partial charge in [0.15, 0.2) is 0 Å². The molecule has 0 saturated heterocycles. The van der Waals surface area contributed by atoms with Crippen LogP contribution >= 0.6 is 0 Å². The maximum Gasteiger partial charge on any atom is 0.239 e. The average molecular weight is 275 g/mol. The molecular weight excluding hydrogens is 254 g/mol. The number of pyridine rings is 1. The Kier molecular flexibility index (Phi) is 4.50. The Labute approximate surface area is 119 Å². The largest absolute Gasteiger partial charge is 0.476 e. The van der Waals surface area contributed by atoms with Gasteiger partial charge in [0.2, 0.25) is 5.88 Å². The van der Waals surface area contributed by atoms with Crippen molar-refractivity contribution in [1.29, 1.82) is 0 Å². The fourth-order valence-electron chi connectivity index (χ4n) is 1.85. The minimum absolute atomic E-state index is 0.492. The quantitative estimate of drug-likeness (QED) is 0.878. The lowest BCUT2D eigenvalue weighted by molar-refractivity contribution is 0.307. The predicted octanol–water partition coefficient (Wildman–Crippen LogP) is 2.99. The van der Waals surface area contributed by atoms with E-state index in [0.29, 0.717) is 24.7 Å². The zero-order valence-corrected chi connectivity index (χ0v) is 12.2. The van der Waals surface area contributed by atoms with Crippen LogP contribution in [0.25, 0.3) is 0 Å². The predicted molar refractivity (Wildman–Crippen MR) is 80.0 cm³/mol. The molecule has 5 nitrogen and oxygen atoms in total. The number of hydrogen-bond donors (Lipinski definition) is 1. The fourth-order valence-corrected chi connectivity index (χ4v) is 1.85. The summed E-state index contributed by atoms with van der Waals surface area (Å²) < 4.78 is 11.1. The van der Waals surface area contributed by atoms with Gasteiger partial charge in [0.05, 0.1) is 18.8 Å². The summed E-state index contributed by atoms with van der Waals surface area (Å²) in [6.45, 7) is 5.24. The molecule has 0 aliphatic heterocycles. The van der Waals surface area contributed by atoms with E-state index in [0.717, 1.165) is 23.8 Å². The molecule has 20 heavy (non-hydrogen) atoms. The molecule has 0 spiro atoms. The van der Waals surface area contributed by atoms with Crippen LogP contribution in [0.4, 0.5) is 11.5 Å². The van der Waals surface area contributed by atoms with Crippen LogP contribution in [-0.4, -0.2) is 18.6 Å². The monoisotopic (exact) mass is 275 g/mol. The third kappa shape index (κ3) is 3.44. The first-order valence-electron chi connectivity index (χ1n) is 6.76. The highest BCUT2D eigenvalue weighted by Crippen LogP contribution is 2.23. The third-order valence-corrected chi connectivity index (χ3v) is 2.90. The molecule has 0 aliphatic rings. The van der Waals surface area contributed by atoms with Crippen molar-refractivity contribution in [2.75, 3.05) is 24.3 Å². The van der Waals surface area contributed by atoms with E-state index in [2.05, 4.69) is 4.98 Å². The van der Waals surface area contributed by atoms with Crippen LogP contribution in [0.3, 0.4) is 0 Å². The fraction of sp³-hybridized carbons (Fsp3) is 0.400. The molecule has 0 aliphatic carbocycles. The molecule has 0 bridgehead atoms. The molecule has 108 valence electrons. The van der Waals surface area contributed by atoms with E-state index in [1.165, 1.54) is 0 Å². The van der Waals surface area contributed by atoms with Crippen molar-refractivity contribution in [3.8, 4) is 5.88 Å². The summed E-state index contributed by atoms with van der Waals surface area (Å²) in [6.07, 6.45) is 0.923. The average Bonchev–Trinajstić information content (AvgIpc) is 2.83. The van der Waals surface area contributed by atoms with Crippen molar-refractivity contribution >= 4 is 11.5 Å². The van der Waals surface area contributed by atoms with Gasteiger partial charge < -0.3 is 19.8 Å². The first-order valence-corrected chi connectivity index (χ1v) is 6.76. The molecule has 0 fully saturated rings. The van der Waals surface area contributed by atoms with Crippen molar-refractivity contribution in [1.82, 2.24) is 4.98 Å². The molecule has 2 rings (SSSR count). The third-order valence-electron chi connectivity index (χ3n) is 2.90. The minimum atomic E-state index is 0.492. The molecule has 2 heterocycles. The second kappa shape index (κ2) is 6.32. The second-order valence-electron chi connectivity index (χ2n) is 4.78. The van der Waals surface area contributed by atoms with Gasteiger partial charge >= 0.3 is 0 Å². The van der Waals surface area contributed by atoms with Crippen LogP contribution in [-0.2, 0) is 6.54 Å². The van der Waals surface area contributed by atoms with Gasteiger partial charge in [-0.3, -0.25) is 0 Å². The highest BCUT2D eigenvalue weighted by atomic mass is 16.5. The first kappa shape index (κ1) is 14.2. The van der Waals surface area contributed by atoms with Crippen LogP contribution in [0.15, 0.2) is 28.7 Å². The van der Waals surface area contributed by atoms with Crippen molar-refractivity contribution in [3.05, 3.63) is 35.8 Å². The standard InChI is InChI=1S/C15H21N3O2/c1-4-9-19-15-13(16)7-8-14(17-15)18(3)10-12-6-5-11(2)20-12/h5-8H,4,9-10,16H2,1-3H3. The van der Waals surface area contributed by atoms with Crippen molar-refractivity contribution in [3.63, 3.8) is 0 Å². The van der Waals surface area contributed by atoms with Gasteiger partial charge in [-0.2, -0.15) is 4.98 Å². The van der Waals surface area contributed by atoms with E-state index in [9.17, 15) is 0 Å². The number of nitrogens with zero attached hydrogens (tertiary/aromatic N) is 2. The van der Waals surface area contributed by atoms with Crippen molar-refractivity contribution in [2.24, 2.45) is 0 Å². The molecule has 0 atom stereocenters. The van der Waals surface area contributed by atoms with E-state index in [-0.39, 0.29) is 0 Å². The van der Waals surface area contributed by atoms with Gasteiger partial charge in [-0.15, -0.1) is 0 Å². The van der Waals surface area contributed by atoms with Gasteiger partial charge in [-0.05, 0) is 37.6 Å². The SMILES string of the molecule is CCCOc1nc(N(C)Cc2ccc(C)o2)ccc1N. The lowest BCUT2D eigenvalue weighted by Crippen LogP contribution is -2.18. The second-order valence-corrected chi connectivity index (χ2v) is 4.78. The normalized spacial score (nSPS) is 10.6. The first-order chi connectivity index (χ1) is 9.60. The van der Waals surface area contributed by atoms with E-state index >= 15 is 0 Å². The maximum atomic E-state index is 5.86. The Hall–Kier alpha value is -2.17. The summed E-state index contributed by atoms with van der Waals surface area (Å²) in [6, 6.07) is 7.62. The van der Waals surface area contributed by atoms with Gasteiger partial charge in [0.25, 0.3) is 0 Å². The molecule has 0 amide bonds. The van der Waals surface area contributed by atoms with E-state index in [1.54, 1.807) is 0 Å². The van der Waals surface area contributed by atoms with Crippen LogP contribution < -0.4 is 15.4 Å². The summed E-state index contributed by atoms with van der Waals surface area (Å²) in [7, 11) is 1.96. The van der Waals surface area contributed by atoms with E-state index in [4.69, 9.17) is 14.9 Å². The lowest BCUT2D eigenvalue weighted by atomic mass is 10.3. The molecule has 0 saturated carbocycles. The van der Waals surface area contributed by atoms with Crippen LogP contribution in [0.5, 0.6) is 5.88 Å². The molecule has 5 heteroatoms. The summed E-state index contributed by atoms with van der Waals surface area (Å²) in [5.74, 6) is 3.11. The number of ether oxygens (including phenoxy) is 1. The van der Waals surface area contributed by atoms with E-state index in [1.807, 2.05) is 50.1 Å². The Balaban J connectivity index is 2.10. The topological polar surface area (TPSA) is 64.5 Å². The summed E-state index contributed by atoms with van der Waals surface area (Å²) >= 11 is 0. The van der Waals surface area contributed by atoms with Crippen molar-refractivity contribution in [2.45, 2.75) is 26.8 Å². The van der Waals surface area contributed by atoms with Crippen LogP contribution in [0, 0.1) is 6.92 Å². The molecule has 0 radical (unpaired) electrons. The zero-order chi connectivity index (χ0) is 14.5. The summed E-state index contributed by atoms with van der Waals surface area (Å²) in [4.78, 5) is 6.45. The number of hydrogen-bond acceptors (Lipinski definition) is 5. The van der Waals surface area contributed by atoms with E-state index < -0.39 is 0 Å². The molecule has 2 aromatic rings. The van der Waals surface area contributed by atoms with Gasteiger partial charge in [0.1, 0.15) is 17.3 Å². The molecule has 2 N–H and O–H groups in total. The van der Waals surface area contributed by atoms with Gasteiger partial charge in [0, 0.05) is 7.05 Å². The molecule has 0 aromatic carbocycles. The lowest BCUT2D eigenvalue weighted by Gasteiger charge is -2.18. The summed E-state index contributed by atoms with van der Waals surface area (Å²) in [5.41, 5.74) is 6.42. The number of furan rings is 1. The maximum absolute atomic E-state index is 5.86. The molecule has 0 unspecified atom stereocenters. The Morgan fingerprint density at radius 3 is 2.75 bits per heavy atom. The molecule has 2 aromatic heterocycles. The number of rotatable bonds is 6. The number of nitrogen functional groups attached to an aromatic ring is 1. The summed E-state index contributed by atoms with van der Waals surface area (Å²) in [5, 5.41) is 0. The number of aryl methyl sites for hydroxylation is 1. The van der Waals surface area contributed by atoms with Gasteiger partial charge in [-0.25, -0.2) is 0 Å². The Bertz CT molecular complexity index is 566. The highest BCUT2D eigenvalue weighted by Gasteiger charge is 2.10. The number of anilines is 2. The number of aromatic nitrogens is 1. The van der Waals surface area contributed by atoms with Crippen LogP contribution in [0.1, 0.15) is 24.9 Å². The Morgan fingerprint density at radius 1 is 1.30 bits per heavy atom.